The van der Waals surface area contributed by atoms with Gasteiger partial charge in [0.2, 0.25) is 5.95 Å². The summed E-state index contributed by atoms with van der Waals surface area (Å²) in [6.07, 6.45) is 1.59. The lowest BCUT2D eigenvalue weighted by molar-refractivity contribution is 0.415. The second kappa shape index (κ2) is 7.61. The largest absolute Gasteiger partial charge is 0.497 e. The minimum atomic E-state index is 0.400. The van der Waals surface area contributed by atoms with E-state index in [1.54, 1.807) is 13.3 Å². The Morgan fingerprint density at radius 1 is 0.960 bits per heavy atom. The first-order valence-electron chi connectivity index (χ1n) is 8.12. The maximum absolute atomic E-state index is 5.16. The van der Waals surface area contributed by atoms with Crippen LogP contribution in [0.4, 0.5) is 23.1 Å². The lowest BCUT2D eigenvalue weighted by atomic mass is 10.0. The highest BCUT2D eigenvalue weighted by Gasteiger charge is 2.08. The summed E-state index contributed by atoms with van der Waals surface area (Å²) in [5, 5.41) is 14.6. The van der Waals surface area contributed by atoms with Crippen molar-refractivity contribution in [2.45, 2.75) is 19.8 Å². The molecule has 0 atom stereocenters. The fourth-order valence-corrected chi connectivity index (χ4v) is 2.47. The number of nitrogens with one attached hydrogen (secondary N) is 2. The van der Waals surface area contributed by atoms with Crippen LogP contribution < -0.4 is 15.4 Å². The number of hydrogen-bond donors (Lipinski definition) is 2. The highest BCUT2D eigenvalue weighted by Crippen LogP contribution is 2.26. The van der Waals surface area contributed by atoms with E-state index < -0.39 is 0 Å². The Bertz CT molecular complexity index is 833. The number of para-hydroxylation sites is 1. The molecule has 0 spiro atoms. The summed E-state index contributed by atoms with van der Waals surface area (Å²) >= 11 is 0. The molecule has 6 heteroatoms. The van der Waals surface area contributed by atoms with Crippen molar-refractivity contribution in [3.8, 4) is 5.75 Å². The van der Waals surface area contributed by atoms with E-state index >= 15 is 0 Å². The van der Waals surface area contributed by atoms with Crippen molar-refractivity contribution in [1.29, 1.82) is 0 Å². The number of benzene rings is 2. The zero-order chi connectivity index (χ0) is 17.6. The fraction of sp³-hybridized carbons (Fsp3) is 0.211. The van der Waals surface area contributed by atoms with Crippen LogP contribution in [0.3, 0.4) is 0 Å². The highest BCUT2D eigenvalue weighted by atomic mass is 16.5. The lowest BCUT2D eigenvalue weighted by Gasteiger charge is -2.13. The molecule has 0 amide bonds. The van der Waals surface area contributed by atoms with Gasteiger partial charge in [-0.15, -0.1) is 5.10 Å². The Morgan fingerprint density at radius 3 is 2.44 bits per heavy atom. The lowest BCUT2D eigenvalue weighted by Crippen LogP contribution is -2.04. The minimum absolute atomic E-state index is 0.400. The summed E-state index contributed by atoms with van der Waals surface area (Å²) in [6, 6.07) is 15.7. The molecule has 0 saturated heterocycles. The Kier molecular flexibility index (Phi) is 5.09. The third-order valence-corrected chi connectivity index (χ3v) is 3.75. The van der Waals surface area contributed by atoms with E-state index in [0.717, 1.165) is 17.1 Å². The minimum Gasteiger partial charge on any atom is -0.497 e. The molecule has 0 fully saturated rings. The van der Waals surface area contributed by atoms with Crippen LogP contribution >= 0.6 is 0 Å². The number of nitrogens with zero attached hydrogens (tertiary/aromatic N) is 3. The van der Waals surface area contributed by atoms with Crippen LogP contribution in [0.25, 0.3) is 0 Å². The van der Waals surface area contributed by atoms with E-state index in [1.807, 2.05) is 42.5 Å². The molecule has 6 nitrogen and oxygen atoms in total. The second-order valence-electron chi connectivity index (χ2n) is 5.89. The molecule has 1 heterocycles. The maximum Gasteiger partial charge on any atom is 0.249 e. The van der Waals surface area contributed by atoms with E-state index in [1.165, 1.54) is 5.56 Å². The monoisotopic (exact) mass is 335 g/mol. The van der Waals surface area contributed by atoms with Crippen molar-refractivity contribution in [3.63, 3.8) is 0 Å². The first kappa shape index (κ1) is 16.7. The summed E-state index contributed by atoms with van der Waals surface area (Å²) in [4.78, 5) is 4.48. The van der Waals surface area contributed by atoms with Gasteiger partial charge in [-0.05, 0) is 41.8 Å². The molecule has 1 aromatic heterocycles. The Balaban J connectivity index is 1.77. The van der Waals surface area contributed by atoms with E-state index in [0.29, 0.717) is 17.7 Å². The van der Waals surface area contributed by atoms with Crippen LogP contribution in [0.2, 0.25) is 0 Å². The van der Waals surface area contributed by atoms with Gasteiger partial charge in [-0.1, -0.05) is 32.0 Å². The number of anilines is 4. The summed E-state index contributed by atoms with van der Waals surface area (Å²) < 4.78 is 5.16. The molecule has 25 heavy (non-hydrogen) atoms. The molecule has 3 rings (SSSR count). The van der Waals surface area contributed by atoms with E-state index in [9.17, 15) is 0 Å². The number of hydrogen-bond acceptors (Lipinski definition) is 6. The molecule has 3 aromatic rings. The molecular weight excluding hydrogens is 314 g/mol. The quantitative estimate of drug-likeness (QED) is 0.691. The van der Waals surface area contributed by atoms with Gasteiger partial charge in [0.15, 0.2) is 5.82 Å². The van der Waals surface area contributed by atoms with Gasteiger partial charge in [0.05, 0.1) is 13.3 Å². The van der Waals surface area contributed by atoms with Crippen molar-refractivity contribution < 1.29 is 4.74 Å². The molecule has 0 aliphatic carbocycles. The molecule has 128 valence electrons. The van der Waals surface area contributed by atoms with Gasteiger partial charge in [0, 0.05) is 11.4 Å². The van der Waals surface area contributed by atoms with Crippen molar-refractivity contribution in [2.75, 3.05) is 17.7 Å². The molecule has 0 aliphatic rings. The molecule has 2 aromatic carbocycles. The van der Waals surface area contributed by atoms with Crippen LogP contribution in [0.5, 0.6) is 5.75 Å². The van der Waals surface area contributed by atoms with E-state index in [-0.39, 0.29) is 0 Å². The van der Waals surface area contributed by atoms with Gasteiger partial charge in [0.1, 0.15) is 5.75 Å². The number of aromatic nitrogens is 3. The molecule has 0 saturated carbocycles. The first-order valence-corrected chi connectivity index (χ1v) is 8.12. The summed E-state index contributed by atoms with van der Waals surface area (Å²) in [7, 11) is 1.64. The Labute approximate surface area is 147 Å². The maximum atomic E-state index is 5.16. The van der Waals surface area contributed by atoms with Crippen LogP contribution in [0.15, 0.2) is 54.7 Å². The van der Waals surface area contributed by atoms with Crippen molar-refractivity contribution in [2.24, 2.45) is 0 Å². The third-order valence-electron chi connectivity index (χ3n) is 3.75. The van der Waals surface area contributed by atoms with Gasteiger partial charge < -0.3 is 15.4 Å². The zero-order valence-corrected chi connectivity index (χ0v) is 14.5. The van der Waals surface area contributed by atoms with Crippen LogP contribution in [-0.4, -0.2) is 22.3 Å². The van der Waals surface area contributed by atoms with Gasteiger partial charge in [-0.3, -0.25) is 0 Å². The predicted octanol–water partition coefficient (Wildman–Crippen LogP) is 4.49. The first-order chi connectivity index (χ1) is 12.2. The topological polar surface area (TPSA) is 72.0 Å². The van der Waals surface area contributed by atoms with Gasteiger partial charge in [0.25, 0.3) is 0 Å². The standard InChI is InChI=1S/C19H21N5O/c1-13(2)16-6-4-5-7-17(16)22-19-23-18(12-20-24-19)21-14-8-10-15(25-3)11-9-14/h4-13H,1-3H3,(H2,21,22,23,24). The summed E-state index contributed by atoms with van der Waals surface area (Å²) in [6.45, 7) is 4.31. The Hall–Kier alpha value is -3.15. The van der Waals surface area contributed by atoms with Gasteiger partial charge >= 0.3 is 0 Å². The molecule has 0 aliphatic heterocycles. The average molecular weight is 335 g/mol. The highest BCUT2D eigenvalue weighted by molar-refractivity contribution is 5.61. The van der Waals surface area contributed by atoms with E-state index in [4.69, 9.17) is 4.74 Å². The molecule has 0 radical (unpaired) electrons. The number of ether oxygens (including phenoxy) is 1. The van der Waals surface area contributed by atoms with Crippen molar-refractivity contribution in [3.05, 3.63) is 60.3 Å². The van der Waals surface area contributed by atoms with Gasteiger partial charge in [-0.2, -0.15) is 10.1 Å². The van der Waals surface area contributed by atoms with Crippen LogP contribution in [0, 0.1) is 0 Å². The van der Waals surface area contributed by atoms with Crippen molar-refractivity contribution >= 4 is 23.1 Å². The van der Waals surface area contributed by atoms with Gasteiger partial charge in [-0.25, -0.2) is 0 Å². The molecule has 0 bridgehead atoms. The number of methoxy groups -OCH3 is 1. The molecule has 2 N–H and O–H groups in total. The Morgan fingerprint density at radius 2 is 1.72 bits per heavy atom. The summed E-state index contributed by atoms with van der Waals surface area (Å²) in [5.41, 5.74) is 3.09. The predicted molar refractivity (Wildman–Crippen MR) is 99.9 cm³/mol. The number of rotatable bonds is 6. The van der Waals surface area contributed by atoms with Crippen molar-refractivity contribution in [1.82, 2.24) is 15.2 Å². The van der Waals surface area contributed by atoms with Crippen LogP contribution in [-0.2, 0) is 0 Å². The third kappa shape index (κ3) is 4.23. The smallest absolute Gasteiger partial charge is 0.249 e. The molecule has 0 unspecified atom stereocenters. The van der Waals surface area contributed by atoms with Crippen LogP contribution in [0.1, 0.15) is 25.3 Å². The SMILES string of the molecule is COc1ccc(Nc2cnnc(Nc3ccccc3C(C)C)n2)cc1. The second-order valence-corrected chi connectivity index (χ2v) is 5.89. The fourth-order valence-electron chi connectivity index (χ4n) is 2.47. The normalized spacial score (nSPS) is 10.6. The van der Waals surface area contributed by atoms with E-state index in [2.05, 4.69) is 45.7 Å². The summed E-state index contributed by atoms with van der Waals surface area (Å²) in [5.74, 6) is 2.27. The molecular formula is C19H21N5O. The average Bonchev–Trinajstić information content (AvgIpc) is 2.63. The zero-order valence-electron chi connectivity index (χ0n) is 14.5.